The van der Waals surface area contributed by atoms with Gasteiger partial charge in [0.25, 0.3) is 0 Å². The van der Waals surface area contributed by atoms with Gasteiger partial charge in [-0.25, -0.2) is 4.39 Å². The van der Waals surface area contributed by atoms with Crippen molar-refractivity contribution >= 4 is 23.2 Å². The SMILES string of the molecule is CCCC[C@@H](CC)C(=O)Nc1ccc(Cl)c(F)c1. The minimum absolute atomic E-state index is 0.0105. The van der Waals surface area contributed by atoms with E-state index in [2.05, 4.69) is 12.2 Å². The molecule has 0 spiro atoms. The molecule has 0 aromatic heterocycles. The summed E-state index contributed by atoms with van der Waals surface area (Å²) in [7, 11) is 0. The second-order valence-corrected chi connectivity index (χ2v) is 4.77. The van der Waals surface area contributed by atoms with Crippen LogP contribution in [-0.2, 0) is 4.79 Å². The van der Waals surface area contributed by atoms with Crippen molar-refractivity contribution in [3.63, 3.8) is 0 Å². The molecule has 0 saturated carbocycles. The number of carbonyl (C=O) groups is 1. The number of carbonyl (C=O) groups excluding carboxylic acids is 1. The monoisotopic (exact) mass is 271 g/mol. The molecule has 0 aliphatic carbocycles. The Hall–Kier alpha value is -1.09. The average Bonchev–Trinajstić information content (AvgIpc) is 2.35. The third kappa shape index (κ3) is 4.30. The van der Waals surface area contributed by atoms with Crippen LogP contribution in [0.5, 0.6) is 0 Å². The van der Waals surface area contributed by atoms with E-state index in [0.717, 1.165) is 25.7 Å². The van der Waals surface area contributed by atoms with Gasteiger partial charge >= 0.3 is 0 Å². The van der Waals surface area contributed by atoms with E-state index in [1.54, 1.807) is 6.07 Å². The van der Waals surface area contributed by atoms with Crippen molar-refractivity contribution in [2.24, 2.45) is 5.92 Å². The first-order valence-electron chi connectivity index (χ1n) is 6.34. The van der Waals surface area contributed by atoms with E-state index in [4.69, 9.17) is 11.6 Å². The smallest absolute Gasteiger partial charge is 0.227 e. The van der Waals surface area contributed by atoms with Crippen LogP contribution in [0.2, 0.25) is 5.02 Å². The Kier molecular flexibility index (Phi) is 6.13. The molecule has 1 N–H and O–H groups in total. The molecule has 1 aromatic rings. The molecule has 0 aliphatic heterocycles. The molecule has 100 valence electrons. The molecule has 18 heavy (non-hydrogen) atoms. The van der Waals surface area contributed by atoms with E-state index in [9.17, 15) is 9.18 Å². The molecule has 0 radical (unpaired) electrons. The summed E-state index contributed by atoms with van der Waals surface area (Å²) in [6.45, 7) is 4.08. The maximum atomic E-state index is 13.2. The number of unbranched alkanes of at least 4 members (excludes halogenated alkanes) is 1. The van der Waals surface area contributed by atoms with Crippen LogP contribution >= 0.6 is 11.6 Å². The van der Waals surface area contributed by atoms with Crippen molar-refractivity contribution in [1.82, 2.24) is 0 Å². The van der Waals surface area contributed by atoms with Gasteiger partial charge in [0.15, 0.2) is 0 Å². The molecule has 1 amide bonds. The zero-order valence-corrected chi connectivity index (χ0v) is 11.6. The van der Waals surface area contributed by atoms with Gasteiger partial charge in [-0.3, -0.25) is 4.79 Å². The normalized spacial score (nSPS) is 12.2. The molecule has 4 heteroatoms. The van der Waals surface area contributed by atoms with Gasteiger partial charge in [0.2, 0.25) is 5.91 Å². The molecule has 1 atom stereocenters. The average molecular weight is 272 g/mol. The Balaban J connectivity index is 2.64. The summed E-state index contributed by atoms with van der Waals surface area (Å²) in [5, 5.41) is 2.79. The first kappa shape index (κ1) is 15.0. The van der Waals surface area contributed by atoms with Crippen molar-refractivity contribution < 1.29 is 9.18 Å². The number of nitrogens with one attached hydrogen (secondary N) is 1. The standard InChI is InChI=1S/C14H19ClFNO/c1-3-5-6-10(4-2)14(18)17-11-7-8-12(15)13(16)9-11/h7-10H,3-6H2,1-2H3,(H,17,18)/t10-/m1/s1. The van der Waals surface area contributed by atoms with Crippen LogP contribution in [0.1, 0.15) is 39.5 Å². The topological polar surface area (TPSA) is 29.1 Å². The number of anilines is 1. The van der Waals surface area contributed by atoms with E-state index >= 15 is 0 Å². The summed E-state index contributed by atoms with van der Waals surface area (Å²) < 4.78 is 13.2. The fourth-order valence-corrected chi connectivity index (χ4v) is 1.91. The van der Waals surface area contributed by atoms with Crippen LogP contribution < -0.4 is 5.32 Å². The predicted octanol–water partition coefficient (Wildman–Crippen LogP) is 4.63. The molecule has 0 unspecified atom stereocenters. The summed E-state index contributed by atoms with van der Waals surface area (Å²) in [6.07, 6.45) is 3.76. The molecule has 0 saturated heterocycles. The van der Waals surface area contributed by atoms with Gasteiger partial charge in [-0.2, -0.15) is 0 Å². The van der Waals surface area contributed by atoms with Gasteiger partial charge in [-0.15, -0.1) is 0 Å². The van der Waals surface area contributed by atoms with Crippen LogP contribution in [0.25, 0.3) is 0 Å². The summed E-state index contributed by atoms with van der Waals surface area (Å²) >= 11 is 5.59. The lowest BCUT2D eigenvalue weighted by Crippen LogP contribution is -2.22. The minimum atomic E-state index is -0.518. The number of hydrogen-bond acceptors (Lipinski definition) is 1. The molecular weight excluding hydrogens is 253 g/mol. The molecule has 0 bridgehead atoms. The fourth-order valence-electron chi connectivity index (χ4n) is 1.79. The molecule has 0 heterocycles. The Bertz CT molecular complexity index is 409. The van der Waals surface area contributed by atoms with E-state index in [1.165, 1.54) is 12.1 Å². The predicted molar refractivity (Wildman–Crippen MR) is 73.3 cm³/mol. The van der Waals surface area contributed by atoms with Crippen LogP contribution in [-0.4, -0.2) is 5.91 Å². The van der Waals surface area contributed by atoms with Crippen molar-refractivity contribution in [3.05, 3.63) is 29.0 Å². The number of amides is 1. The lowest BCUT2D eigenvalue weighted by molar-refractivity contribution is -0.120. The van der Waals surface area contributed by atoms with Crippen LogP contribution in [0, 0.1) is 11.7 Å². The van der Waals surface area contributed by atoms with Crippen LogP contribution in [0.4, 0.5) is 10.1 Å². The van der Waals surface area contributed by atoms with Crippen molar-refractivity contribution in [2.45, 2.75) is 39.5 Å². The molecule has 0 fully saturated rings. The third-order valence-corrected chi connectivity index (χ3v) is 3.26. The minimum Gasteiger partial charge on any atom is -0.326 e. The van der Waals surface area contributed by atoms with Gasteiger partial charge in [0.05, 0.1) is 5.02 Å². The fraction of sp³-hybridized carbons (Fsp3) is 0.500. The highest BCUT2D eigenvalue weighted by molar-refractivity contribution is 6.30. The highest BCUT2D eigenvalue weighted by atomic mass is 35.5. The largest absolute Gasteiger partial charge is 0.326 e. The molecule has 1 rings (SSSR count). The zero-order valence-electron chi connectivity index (χ0n) is 10.8. The van der Waals surface area contributed by atoms with Gasteiger partial charge < -0.3 is 5.32 Å². The van der Waals surface area contributed by atoms with E-state index in [-0.39, 0.29) is 16.8 Å². The van der Waals surface area contributed by atoms with E-state index in [0.29, 0.717) is 5.69 Å². The quantitative estimate of drug-likeness (QED) is 0.803. The number of rotatable bonds is 6. The molecular formula is C14H19ClFNO. The number of halogens is 2. The summed E-state index contributed by atoms with van der Waals surface area (Å²) in [6, 6.07) is 4.29. The second-order valence-electron chi connectivity index (χ2n) is 4.37. The Morgan fingerprint density at radius 1 is 1.44 bits per heavy atom. The lowest BCUT2D eigenvalue weighted by Gasteiger charge is -2.14. The summed E-state index contributed by atoms with van der Waals surface area (Å²) in [5.74, 6) is -0.576. The van der Waals surface area contributed by atoms with Crippen molar-refractivity contribution in [3.8, 4) is 0 Å². The summed E-state index contributed by atoms with van der Waals surface area (Å²) in [4.78, 5) is 12.0. The number of hydrogen-bond donors (Lipinski definition) is 1. The lowest BCUT2D eigenvalue weighted by atomic mass is 9.98. The maximum absolute atomic E-state index is 13.2. The maximum Gasteiger partial charge on any atom is 0.227 e. The van der Waals surface area contributed by atoms with Crippen molar-refractivity contribution in [2.75, 3.05) is 5.32 Å². The number of benzene rings is 1. The first-order chi connectivity index (χ1) is 8.58. The van der Waals surface area contributed by atoms with Crippen LogP contribution in [0.3, 0.4) is 0 Å². The molecule has 1 aromatic carbocycles. The van der Waals surface area contributed by atoms with Gasteiger partial charge in [0.1, 0.15) is 5.82 Å². The van der Waals surface area contributed by atoms with Gasteiger partial charge in [0, 0.05) is 11.6 Å². The van der Waals surface area contributed by atoms with E-state index in [1.807, 2.05) is 6.92 Å². The molecule has 0 aliphatic rings. The van der Waals surface area contributed by atoms with E-state index < -0.39 is 5.82 Å². The van der Waals surface area contributed by atoms with Crippen molar-refractivity contribution in [1.29, 1.82) is 0 Å². The zero-order chi connectivity index (χ0) is 13.5. The Labute approximate surface area is 113 Å². The highest BCUT2D eigenvalue weighted by Gasteiger charge is 2.16. The first-order valence-corrected chi connectivity index (χ1v) is 6.72. The second kappa shape index (κ2) is 7.37. The highest BCUT2D eigenvalue weighted by Crippen LogP contribution is 2.20. The van der Waals surface area contributed by atoms with Gasteiger partial charge in [-0.05, 0) is 31.0 Å². The Morgan fingerprint density at radius 2 is 2.17 bits per heavy atom. The van der Waals surface area contributed by atoms with Crippen LogP contribution in [0.15, 0.2) is 18.2 Å². The Morgan fingerprint density at radius 3 is 2.72 bits per heavy atom. The summed E-state index contributed by atoms with van der Waals surface area (Å²) in [5.41, 5.74) is 0.455. The molecule has 2 nitrogen and oxygen atoms in total. The third-order valence-electron chi connectivity index (χ3n) is 2.96. The van der Waals surface area contributed by atoms with Gasteiger partial charge in [-0.1, -0.05) is 38.3 Å².